The number of hydrogen-bond donors (Lipinski definition) is 3. The lowest BCUT2D eigenvalue weighted by Gasteiger charge is -2.27. The summed E-state index contributed by atoms with van der Waals surface area (Å²) in [5.74, 6) is 0.399. The molecule has 0 radical (unpaired) electrons. The van der Waals surface area contributed by atoms with Crippen LogP contribution in [0.3, 0.4) is 0 Å². The number of carbonyl (C=O) groups is 1. The number of benzene rings is 2. The number of imidazole rings is 1. The molecule has 2 aromatic carbocycles. The Morgan fingerprint density at radius 1 is 1.27 bits per heavy atom. The molecule has 0 unspecified atom stereocenters. The first-order valence-electron chi connectivity index (χ1n) is 8.88. The molecule has 6 heteroatoms. The Morgan fingerprint density at radius 2 is 2.15 bits per heavy atom. The molecular weight excluding hydrogens is 331 g/mol. The summed E-state index contributed by atoms with van der Waals surface area (Å²) in [5, 5.41) is 6.37. The number of fused-ring (bicyclic) bond motifs is 1. The van der Waals surface area contributed by atoms with Gasteiger partial charge in [-0.05, 0) is 56.6 Å². The molecule has 1 aliphatic rings. The fourth-order valence-electron chi connectivity index (χ4n) is 3.47. The van der Waals surface area contributed by atoms with Gasteiger partial charge in [-0.3, -0.25) is 4.79 Å². The molecule has 1 saturated heterocycles. The summed E-state index contributed by atoms with van der Waals surface area (Å²) in [4.78, 5) is 20.2. The van der Waals surface area contributed by atoms with Gasteiger partial charge in [-0.2, -0.15) is 0 Å². The van der Waals surface area contributed by atoms with Crippen LogP contribution in [0.15, 0.2) is 42.5 Å². The van der Waals surface area contributed by atoms with Crippen molar-refractivity contribution in [2.24, 2.45) is 5.92 Å². The number of amides is 1. The van der Waals surface area contributed by atoms with Crippen molar-refractivity contribution >= 4 is 22.6 Å². The molecule has 1 amide bonds. The van der Waals surface area contributed by atoms with E-state index in [-0.39, 0.29) is 17.6 Å². The lowest BCUT2D eigenvalue weighted by Crippen LogP contribution is -2.40. The van der Waals surface area contributed by atoms with Crippen LogP contribution >= 0.6 is 0 Å². The molecule has 0 saturated carbocycles. The van der Waals surface area contributed by atoms with E-state index >= 15 is 0 Å². The minimum absolute atomic E-state index is 0.0339. The number of aromatic nitrogens is 2. The fourth-order valence-corrected chi connectivity index (χ4v) is 3.47. The minimum atomic E-state index is -0.299. The van der Waals surface area contributed by atoms with Crippen molar-refractivity contribution < 1.29 is 9.18 Å². The van der Waals surface area contributed by atoms with Gasteiger partial charge in [0, 0.05) is 23.2 Å². The Kier molecular flexibility index (Phi) is 4.42. The van der Waals surface area contributed by atoms with Crippen LogP contribution in [0.5, 0.6) is 0 Å². The number of piperidine rings is 1. The van der Waals surface area contributed by atoms with Gasteiger partial charge in [-0.25, -0.2) is 9.37 Å². The van der Waals surface area contributed by atoms with Crippen LogP contribution in [-0.2, 0) is 4.79 Å². The first kappa shape index (κ1) is 16.7. The normalized spacial score (nSPS) is 20.2. The maximum absolute atomic E-state index is 13.4. The third-order valence-corrected chi connectivity index (χ3v) is 4.84. The topological polar surface area (TPSA) is 69.8 Å². The predicted molar refractivity (Wildman–Crippen MR) is 100 cm³/mol. The van der Waals surface area contributed by atoms with Crippen molar-refractivity contribution in [2.45, 2.75) is 25.8 Å². The SMILES string of the molecule is C[C@H]1C[C@@H](C(=O)Nc2ccc3nc(-c4cccc(F)c4)[nH]c3c2)CCN1. The molecule has 26 heavy (non-hydrogen) atoms. The fraction of sp³-hybridized carbons (Fsp3) is 0.300. The highest BCUT2D eigenvalue weighted by Gasteiger charge is 2.24. The average Bonchev–Trinajstić information content (AvgIpc) is 3.05. The van der Waals surface area contributed by atoms with Gasteiger partial charge >= 0.3 is 0 Å². The molecule has 1 fully saturated rings. The van der Waals surface area contributed by atoms with Gasteiger partial charge < -0.3 is 15.6 Å². The van der Waals surface area contributed by atoms with Crippen LogP contribution in [0, 0.1) is 11.7 Å². The van der Waals surface area contributed by atoms with E-state index in [4.69, 9.17) is 0 Å². The van der Waals surface area contributed by atoms with Gasteiger partial charge in [-0.15, -0.1) is 0 Å². The van der Waals surface area contributed by atoms with Gasteiger partial charge in [0.1, 0.15) is 11.6 Å². The number of nitrogens with one attached hydrogen (secondary N) is 3. The Hall–Kier alpha value is -2.73. The number of aromatic amines is 1. The molecule has 1 aliphatic heterocycles. The second-order valence-electron chi connectivity index (χ2n) is 6.89. The Balaban J connectivity index is 1.55. The van der Waals surface area contributed by atoms with Crippen molar-refractivity contribution in [3.8, 4) is 11.4 Å². The Labute approximate surface area is 151 Å². The number of H-pyrrole nitrogens is 1. The van der Waals surface area contributed by atoms with E-state index in [9.17, 15) is 9.18 Å². The lowest BCUT2D eigenvalue weighted by molar-refractivity contribution is -0.120. The van der Waals surface area contributed by atoms with Gasteiger partial charge in [0.05, 0.1) is 11.0 Å². The van der Waals surface area contributed by atoms with E-state index in [1.807, 2.05) is 24.3 Å². The standard InChI is InChI=1S/C20H21FN4O/c1-12-9-14(7-8-22-12)20(26)23-16-5-6-17-18(11-16)25-19(24-17)13-3-2-4-15(21)10-13/h2-6,10-12,14,22H,7-9H2,1H3,(H,23,26)(H,24,25)/t12-,14-/m0/s1. The summed E-state index contributed by atoms with van der Waals surface area (Å²) >= 11 is 0. The summed E-state index contributed by atoms with van der Waals surface area (Å²) in [6, 6.07) is 12.2. The number of hydrogen-bond acceptors (Lipinski definition) is 3. The quantitative estimate of drug-likeness (QED) is 0.673. The molecule has 5 nitrogen and oxygen atoms in total. The second-order valence-corrected chi connectivity index (χ2v) is 6.89. The molecule has 3 aromatic rings. The summed E-state index contributed by atoms with van der Waals surface area (Å²) in [6.45, 7) is 2.97. The summed E-state index contributed by atoms with van der Waals surface area (Å²) in [6.07, 6.45) is 1.70. The highest BCUT2D eigenvalue weighted by molar-refractivity contribution is 5.95. The minimum Gasteiger partial charge on any atom is -0.338 e. The van der Waals surface area contributed by atoms with Gasteiger partial charge in [-0.1, -0.05) is 12.1 Å². The molecular formula is C20H21FN4O. The first-order valence-corrected chi connectivity index (χ1v) is 8.88. The largest absolute Gasteiger partial charge is 0.338 e. The van der Waals surface area contributed by atoms with Crippen LogP contribution in [0.2, 0.25) is 0 Å². The van der Waals surface area contributed by atoms with E-state index in [0.717, 1.165) is 36.1 Å². The van der Waals surface area contributed by atoms with Crippen LogP contribution in [-0.4, -0.2) is 28.5 Å². The van der Waals surface area contributed by atoms with Crippen molar-refractivity contribution in [2.75, 3.05) is 11.9 Å². The summed E-state index contributed by atoms with van der Waals surface area (Å²) < 4.78 is 13.4. The van der Waals surface area contributed by atoms with Crippen molar-refractivity contribution in [3.05, 3.63) is 48.3 Å². The molecule has 2 atom stereocenters. The third-order valence-electron chi connectivity index (χ3n) is 4.84. The number of anilines is 1. The van der Waals surface area contributed by atoms with Crippen molar-refractivity contribution in [1.82, 2.24) is 15.3 Å². The van der Waals surface area contributed by atoms with Crippen LogP contribution in [0.4, 0.5) is 10.1 Å². The van der Waals surface area contributed by atoms with Crippen LogP contribution in [0.1, 0.15) is 19.8 Å². The Morgan fingerprint density at radius 3 is 2.96 bits per heavy atom. The van der Waals surface area contributed by atoms with Crippen molar-refractivity contribution in [1.29, 1.82) is 0 Å². The molecule has 3 N–H and O–H groups in total. The summed E-state index contributed by atoms with van der Waals surface area (Å²) in [5.41, 5.74) is 3.01. The monoisotopic (exact) mass is 352 g/mol. The van der Waals surface area contributed by atoms with E-state index in [1.165, 1.54) is 12.1 Å². The number of halogens is 1. The zero-order valence-corrected chi connectivity index (χ0v) is 14.6. The molecule has 0 spiro atoms. The molecule has 1 aromatic heterocycles. The van der Waals surface area contributed by atoms with E-state index in [1.54, 1.807) is 6.07 Å². The number of rotatable bonds is 3. The van der Waals surface area contributed by atoms with E-state index in [2.05, 4.69) is 27.5 Å². The van der Waals surface area contributed by atoms with Gasteiger partial charge in [0.15, 0.2) is 0 Å². The third kappa shape index (κ3) is 3.46. The molecule has 0 aliphatic carbocycles. The predicted octanol–water partition coefficient (Wildman–Crippen LogP) is 3.70. The lowest BCUT2D eigenvalue weighted by atomic mass is 9.92. The van der Waals surface area contributed by atoms with E-state index in [0.29, 0.717) is 17.4 Å². The van der Waals surface area contributed by atoms with Gasteiger partial charge in [0.2, 0.25) is 5.91 Å². The maximum Gasteiger partial charge on any atom is 0.227 e. The van der Waals surface area contributed by atoms with E-state index < -0.39 is 0 Å². The summed E-state index contributed by atoms with van der Waals surface area (Å²) in [7, 11) is 0. The number of nitrogens with zero attached hydrogens (tertiary/aromatic N) is 1. The molecule has 2 heterocycles. The highest BCUT2D eigenvalue weighted by Crippen LogP contribution is 2.24. The maximum atomic E-state index is 13.4. The zero-order valence-electron chi connectivity index (χ0n) is 14.6. The molecule has 0 bridgehead atoms. The average molecular weight is 352 g/mol. The highest BCUT2D eigenvalue weighted by atomic mass is 19.1. The number of carbonyl (C=O) groups excluding carboxylic acids is 1. The Bertz CT molecular complexity index is 952. The molecule has 4 rings (SSSR count). The van der Waals surface area contributed by atoms with Crippen molar-refractivity contribution in [3.63, 3.8) is 0 Å². The van der Waals surface area contributed by atoms with Crippen LogP contribution in [0.25, 0.3) is 22.4 Å². The van der Waals surface area contributed by atoms with Crippen LogP contribution < -0.4 is 10.6 Å². The molecule has 134 valence electrons. The van der Waals surface area contributed by atoms with Gasteiger partial charge in [0.25, 0.3) is 0 Å². The smallest absolute Gasteiger partial charge is 0.227 e. The first-order chi connectivity index (χ1) is 12.6. The second kappa shape index (κ2) is 6.88. The zero-order chi connectivity index (χ0) is 18.1.